The smallest absolute Gasteiger partial charge is 0.172 e. The van der Waals surface area contributed by atoms with E-state index >= 15 is 0 Å². The Hall–Kier alpha value is -0.760. The Morgan fingerprint density at radius 2 is 2.13 bits per heavy atom. The lowest BCUT2D eigenvalue weighted by Crippen LogP contribution is -2.03. The van der Waals surface area contributed by atoms with Gasteiger partial charge < -0.3 is 0 Å². The summed E-state index contributed by atoms with van der Waals surface area (Å²) in [5.41, 5.74) is 3.73. The number of aryl methyl sites for hydroxylation is 2. The van der Waals surface area contributed by atoms with Gasteiger partial charge in [-0.3, -0.25) is 4.79 Å². The van der Waals surface area contributed by atoms with Crippen molar-refractivity contribution in [2.45, 2.75) is 26.2 Å². The topological polar surface area (TPSA) is 17.1 Å². The first-order chi connectivity index (χ1) is 7.31. The summed E-state index contributed by atoms with van der Waals surface area (Å²) in [6.45, 7) is 2.08. The number of thioether (sulfide) groups is 1. The summed E-state index contributed by atoms with van der Waals surface area (Å²) in [6.07, 6.45) is 3.58. The maximum Gasteiger partial charge on any atom is 0.172 e. The van der Waals surface area contributed by atoms with Crippen molar-refractivity contribution in [3.8, 4) is 0 Å². The molecular formula is C13H16OS. The van der Waals surface area contributed by atoms with E-state index in [-0.39, 0.29) is 5.78 Å². The number of rotatable bonds is 4. The molecule has 2 rings (SSSR count). The Morgan fingerprint density at radius 3 is 2.93 bits per heavy atom. The number of carbonyl (C=O) groups is 1. The van der Waals surface area contributed by atoms with Crippen molar-refractivity contribution in [1.29, 1.82) is 0 Å². The summed E-state index contributed by atoms with van der Waals surface area (Å²) in [5, 5.41) is 0. The van der Waals surface area contributed by atoms with E-state index in [0.717, 1.165) is 17.7 Å². The van der Waals surface area contributed by atoms with E-state index < -0.39 is 0 Å². The molecule has 0 radical (unpaired) electrons. The monoisotopic (exact) mass is 220 g/mol. The van der Waals surface area contributed by atoms with Crippen LogP contribution in [0.15, 0.2) is 18.2 Å². The number of carbonyl (C=O) groups excluding carboxylic acids is 1. The summed E-state index contributed by atoms with van der Waals surface area (Å²) < 4.78 is 0. The van der Waals surface area contributed by atoms with E-state index in [1.165, 1.54) is 24.0 Å². The number of ketones is 1. The van der Waals surface area contributed by atoms with Crippen molar-refractivity contribution in [3.63, 3.8) is 0 Å². The first kappa shape index (κ1) is 10.7. The molecule has 15 heavy (non-hydrogen) atoms. The van der Waals surface area contributed by atoms with Gasteiger partial charge in [-0.05, 0) is 42.2 Å². The number of benzene rings is 1. The van der Waals surface area contributed by atoms with Gasteiger partial charge in [-0.2, -0.15) is 11.8 Å². The van der Waals surface area contributed by atoms with Crippen molar-refractivity contribution >= 4 is 17.5 Å². The van der Waals surface area contributed by atoms with E-state index in [2.05, 4.69) is 19.1 Å². The number of fused-ring (bicyclic) bond motifs is 1. The van der Waals surface area contributed by atoms with Crippen molar-refractivity contribution < 1.29 is 4.79 Å². The molecule has 80 valence electrons. The predicted molar refractivity (Wildman–Crippen MR) is 65.8 cm³/mol. The molecule has 1 aliphatic carbocycles. The average molecular weight is 220 g/mol. The second kappa shape index (κ2) is 4.84. The van der Waals surface area contributed by atoms with Crippen LogP contribution in [0.5, 0.6) is 0 Å². The molecule has 0 amide bonds. The van der Waals surface area contributed by atoms with E-state index in [4.69, 9.17) is 0 Å². The van der Waals surface area contributed by atoms with Crippen LogP contribution in [0.2, 0.25) is 0 Å². The van der Waals surface area contributed by atoms with Gasteiger partial charge in [0.25, 0.3) is 0 Å². The third-order valence-electron chi connectivity index (χ3n) is 2.86. The highest BCUT2D eigenvalue weighted by atomic mass is 32.2. The van der Waals surface area contributed by atoms with Crippen LogP contribution in [0.25, 0.3) is 0 Å². The number of hydrogen-bond acceptors (Lipinski definition) is 2. The summed E-state index contributed by atoms with van der Waals surface area (Å²) in [4.78, 5) is 11.8. The SMILES string of the molecule is CCSCC(=O)c1ccc2c(c1)CCC2. The minimum absolute atomic E-state index is 0.275. The van der Waals surface area contributed by atoms with Crippen LogP contribution in [0.1, 0.15) is 34.8 Å². The fraction of sp³-hybridized carbons (Fsp3) is 0.462. The molecule has 2 heteroatoms. The highest BCUT2D eigenvalue weighted by Crippen LogP contribution is 2.23. The fourth-order valence-corrected chi connectivity index (χ4v) is 2.58. The first-order valence-electron chi connectivity index (χ1n) is 5.54. The van der Waals surface area contributed by atoms with Crippen LogP contribution in [0.4, 0.5) is 0 Å². The Bertz CT molecular complexity index is 371. The molecule has 0 fully saturated rings. The van der Waals surface area contributed by atoms with Crippen molar-refractivity contribution in [2.75, 3.05) is 11.5 Å². The van der Waals surface area contributed by atoms with Crippen molar-refractivity contribution in [1.82, 2.24) is 0 Å². The lowest BCUT2D eigenvalue weighted by atomic mass is 10.0. The zero-order valence-electron chi connectivity index (χ0n) is 9.08. The lowest BCUT2D eigenvalue weighted by Gasteiger charge is -2.03. The highest BCUT2D eigenvalue weighted by molar-refractivity contribution is 7.99. The summed E-state index contributed by atoms with van der Waals surface area (Å²) in [6, 6.07) is 6.22. The molecule has 1 aromatic rings. The third kappa shape index (κ3) is 2.43. The quantitative estimate of drug-likeness (QED) is 0.725. The van der Waals surface area contributed by atoms with E-state index in [1.807, 2.05) is 6.07 Å². The van der Waals surface area contributed by atoms with Gasteiger partial charge in [-0.15, -0.1) is 0 Å². The molecule has 0 saturated carbocycles. The molecule has 0 saturated heterocycles. The maximum absolute atomic E-state index is 11.8. The molecule has 1 aromatic carbocycles. The van der Waals surface area contributed by atoms with E-state index in [9.17, 15) is 4.79 Å². The Kier molecular flexibility index (Phi) is 3.47. The van der Waals surface area contributed by atoms with E-state index in [0.29, 0.717) is 5.75 Å². The van der Waals surface area contributed by atoms with Crippen molar-refractivity contribution in [2.24, 2.45) is 0 Å². The molecule has 0 aliphatic heterocycles. The van der Waals surface area contributed by atoms with Gasteiger partial charge in [-0.25, -0.2) is 0 Å². The zero-order chi connectivity index (χ0) is 10.7. The molecule has 0 heterocycles. The minimum Gasteiger partial charge on any atom is -0.293 e. The van der Waals surface area contributed by atoms with Crippen molar-refractivity contribution in [3.05, 3.63) is 34.9 Å². The van der Waals surface area contributed by atoms with Crippen LogP contribution in [0.3, 0.4) is 0 Å². The molecular weight excluding hydrogens is 204 g/mol. The molecule has 1 nitrogen and oxygen atoms in total. The van der Waals surface area contributed by atoms with Gasteiger partial charge >= 0.3 is 0 Å². The Balaban J connectivity index is 2.12. The summed E-state index contributed by atoms with van der Waals surface area (Å²) in [7, 11) is 0. The highest BCUT2D eigenvalue weighted by Gasteiger charge is 2.13. The molecule has 0 bridgehead atoms. The second-order valence-electron chi connectivity index (χ2n) is 3.90. The molecule has 0 atom stereocenters. The van der Waals surface area contributed by atoms with Crippen LogP contribution < -0.4 is 0 Å². The molecule has 0 aromatic heterocycles. The Labute approximate surface area is 95.3 Å². The average Bonchev–Trinajstić information content (AvgIpc) is 2.72. The summed E-state index contributed by atoms with van der Waals surface area (Å²) >= 11 is 1.69. The van der Waals surface area contributed by atoms with Gasteiger partial charge in [0.05, 0.1) is 5.75 Å². The maximum atomic E-state index is 11.8. The lowest BCUT2D eigenvalue weighted by molar-refractivity contribution is 0.102. The second-order valence-corrected chi connectivity index (χ2v) is 5.17. The third-order valence-corrected chi connectivity index (χ3v) is 3.73. The minimum atomic E-state index is 0.275. The van der Waals surface area contributed by atoms with Crippen LogP contribution in [-0.2, 0) is 12.8 Å². The van der Waals surface area contributed by atoms with Gasteiger partial charge in [0.2, 0.25) is 0 Å². The van der Waals surface area contributed by atoms with Gasteiger partial charge in [0.1, 0.15) is 0 Å². The zero-order valence-corrected chi connectivity index (χ0v) is 9.90. The fourth-order valence-electron chi connectivity index (χ4n) is 2.02. The van der Waals surface area contributed by atoms with Crippen LogP contribution in [0, 0.1) is 0 Å². The van der Waals surface area contributed by atoms with Gasteiger partial charge in [0.15, 0.2) is 5.78 Å². The molecule has 0 N–H and O–H groups in total. The van der Waals surface area contributed by atoms with E-state index in [1.54, 1.807) is 11.8 Å². The predicted octanol–water partition coefficient (Wildman–Crippen LogP) is 3.11. The van der Waals surface area contributed by atoms with Crippen LogP contribution >= 0.6 is 11.8 Å². The molecule has 1 aliphatic rings. The van der Waals surface area contributed by atoms with Crippen LogP contribution in [-0.4, -0.2) is 17.3 Å². The first-order valence-corrected chi connectivity index (χ1v) is 6.69. The molecule has 0 spiro atoms. The van der Waals surface area contributed by atoms with Gasteiger partial charge in [0, 0.05) is 5.56 Å². The number of Topliss-reactive ketones (excluding diaryl/α,β-unsaturated/α-hetero) is 1. The summed E-state index contributed by atoms with van der Waals surface area (Å²) in [5.74, 6) is 1.91. The standard InChI is InChI=1S/C13H16OS/c1-2-15-9-13(14)12-7-6-10-4-3-5-11(10)8-12/h6-8H,2-5,9H2,1H3. The number of hydrogen-bond donors (Lipinski definition) is 0. The molecule has 0 unspecified atom stereocenters. The van der Waals surface area contributed by atoms with Gasteiger partial charge in [-0.1, -0.05) is 19.1 Å². The largest absolute Gasteiger partial charge is 0.293 e. The normalized spacial score (nSPS) is 13.9. The Morgan fingerprint density at radius 1 is 1.33 bits per heavy atom.